The number of benzene rings is 2. The fourth-order valence-electron chi connectivity index (χ4n) is 2.43. The molecule has 2 N–H and O–H groups in total. The van der Waals surface area contributed by atoms with E-state index in [4.69, 9.17) is 9.47 Å². The summed E-state index contributed by atoms with van der Waals surface area (Å²) in [6, 6.07) is 13.5. The molecular formula is C18H18N2O4. The van der Waals surface area contributed by atoms with Gasteiger partial charge in [-0.1, -0.05) is 12.1 Å². The van der Waals surface area contributed by atoms with Crippen molar-refractivity contribution in [3.8, 4) is 11.5 Å². The number of ether oxygens (including phenoxy) is 2. The Morgan fingerprint density at radius 1 is 1.21 bits per heavy atom. The maximum Gasteiger partial charge on any atom is 0.334 e. The van der Waals surface area contributed by atoms with Crippen molar-refractivity contribution < 1.29 is 19.1 Å². The summed E-state index contributed by atoms with van der Waals surface area (Å²) >= 11 is 0. The lowest BCUT2D eigenvalue weighted by atomic mass is 10.1. The molecule has 1 unspecified atom stereocenters. The molecule has 0 fully saturated rings. The van der Waals surface area contributed by atoms with Crippen LogP contribution in [0, 0.1) is 0 Å². The first-order valence-corrected chi connectivity index (χ1v) is 7.75. The largest absolute Gasteiger partial charge is 0.494 e. The van der Waals surface area contributed by atoms with Gasteiger partial charge in [0.1, 0.15) is 11.8 Å². The number of para-hydroxylation sites is 2. The summed E-state index contributed by atoms with van der Waals surface area (Å²) in [4.78, 5) is 24.1. The quantitative estimate of drug-likeness (QED) is 0.653. The summed E-state index contributed by atoms with van der Waals surface area (Å²) < 4.78 is 10.6. The van der Waals surface area contributed by atoms with Gasteiger partial charge in [-0.3, -0.25) is 4.79 Å². The van der Waals surface area contributed by atoms with Crippen molar-refractivity contribution in [2.75, 3.05) is 17.2 Å². The molecule has 24 heavy (non-hydrogen) atoms. The van der Waals surface area contributed by atoms with Crippen LogP contribution < -0.4 is 20.1 Å². The highest BCUT2D eigenvalue weighted by Gasteiger charge is 2.29. The summed E-state index contributed by atoms with van der Waals surface area (Å²) in [5.41, 5.74) is 1.35. The highest BCUT2D eigenvalue weighted by Crippen LogP contribution is 2.29. The third kappa shape index (κ3) is 3.65. The molecule has 1 atom stereocenters. The monoisotopic (exact) mass is 326 g/mol. The maximum atomic E-state index is 12.2. The molecule has 1 amide bonds. The zero-order valence-electron chi connectivity index (χ0n) is 13.2. The lowest BCUT2D eigenvalue weighted by molar-refractivity contribution is -0.137. The van der Waals surface area contributed by atoms with E-state index in [1.54, 1.807) is 42.5 Å². The van der Waals surface area contributed by atoms with Crippen molar-refractivity contribution in [3.05, 3.63) is 48.5 Å². The molecule has 3 rings (SSSR count). The van der Waals surface area contributed by atoms with E-state index < -0.39 is 12.0 Å². The van der Waals surface area contributed by atoms with Crippen LogP contribution in [0.5, 0.6) is 11.5 Å². The summed E-state index contributed by atoms with van der Waals surface area (Å²) in [6.07, 6.45) is -0.0135. The number of esters is 1. The van der Waals surface area contributed by atoms with Gasteiger partial charge in [0.2, 0.25) is 5.91 Å². The summed E-state index contributed by atoms with van der Waals surface area (Å²) in [5.74, 6) is 0.485. The Bertz CT molecular complexity index is 743. The fourth-order valence-corrected chi connectivity index (χ4v) is 2.43. The highest BCUT2D eigenvalue weighted by molar-refractivity contribution is 5.97. The third-order valence-corrected chi connectivity index (χ3v) is 3.55. The van der Waals surface area contributed by atoms with Crippen LogP contribution >= 0.6 is 0 Å². The Labute approximate surface area is 139 Å². The van der Waals surface area contributed by atoms with Gasteiger partial charge in [-0.05, 0) is 43.3 Å². The van der Waals surface area contributed by atoms with E-state index in [1.165, 1.54) is 0 Å². The molecule has 6 nitrogen and oxygen atoms in total. The molecule has 1 aliphatic rings. The molecule has 0 saturated carbocycles. The molecule has 0 aliphatic carbocycles. The molecule has 0 saturated heterocycles. The van der Waals surface area contributed by atoms with Gasteiger partial charge in [0.25, 0.3) is 0 Å². The summed E-state index contributed by atoms with van der Waals surface area (Å²) in [7, 11) is 0. The Hall–Kier alpha value is -3.02. The number of fused-ring (bicyclic) bond motifs is 1. The van der Waals surface area contributed by atoms with Crippen LogP contribution in [0.25, 0.3) is 0 Å². The Balaban J connectivity index is 1.60. The lowest BCUT2D eigenvalue weighted by Crippen LogP contribution is -2.39. The van der Waals surface area contributed by atoms with Crippen molar-refractivity contribution in [2.24, 2.45) is 0 Å². The minimum atomic E-state index is -0.706. The van der Waals surface area contributed by atoms with Gasteiger partial charge in [-0.2, -0.15) is 0 Å². The molecule has 6 heteroatoms. The molecule has 1 aliphatic heterocycles. The van der Waals surface area contributed by atoms with Gasteiger partial charge in [-0.25, -0.2) is 4.79 Å². The van der Waals surface area contributed by atoms with Crippen molar-refractivity contribution in [2.45, 2.75) is 19.4 Å². The van der Waals surface area contributed by atoms with E-state index in [2.05, 4.69) is 10.6 Å². The van der Waals surface area contributed by atoms with Gasteiger partial charge in [-0.15, -0.1) is 0 Å². The Morgan fingerprint density at radius 2 is 1.96 bits per heavy atom. The standard InChI is InChI=1S/C18H18N2O4/c1-2-23-13-9-7-12(8-10-13)19-17(21)11-15-18(22)24-16-6-4-3-5-14(16)20-15/h3-10,15,20H,2,11H2,1H3,(H,19,21). The van der Waals surface area contributed by atoms with E-state index in [1.807, 2.05) is 13.0 Å². The number of rotatable bonds is 5. The summed E-state index contributed by atoms with van der Waals surface area (Å²) in [6.45, 7) is 2.49. The number of carbonyl (C=O) groups is 2. The van der Waals surface area contributed by atoms with E-state index in [0.29, 0.717) is 23.7 Å². The normalized spacial score (nSPS) is 15.7. The van der Waals surface area contributed by atoms with Crippen LogP contribution in [-0.4, -0.2) is 24.5 Å². The second kappa shape index (κ2) is 7.04. The van der Waals surface area contributed by atoms with Crippen molar-refractivity contribution in [3.63, 3.8) is 0 Å². The van der Waals surface area contributed by atoms with Gasteiger partial charge in [0.05, 0.1) is 18.7 Å². The zero-order valence-corrected chi connectivity index (χ0v) is 13.2. The SMILES string of the molecule is CCOc1ccc(NC(=O)CC2Nc3ccccc3OC2=O)cc1. The van der Waals surface area contributed by atoms with Crippen LogP contribution in [-0.2, 0) is 9.59 Å². The molecular weight excluding hydrogens is 308 g/mol. The maximum absolute atomic E-state index is 12.2. The molecule has 0 radical (unpaired) electrons. The van der Waals surface area contributed by atoms with Crippen LogP contribution in [0.15, 0.2) is 48.5 Å². The van der Waals surface area contributed by atoms with Gasteiger partial charge >= 0.3 is 5.97 Å². The molecule has 0 spiro atoms. The van der Waals surface area contributed by atoms with E-state index in [0.717, 1.165) is 5.75 Å². The predicted octanol–water partition coefficient (Wildman–Crippen LogP) is 2.81. The molecule has 1 heterocycles. The first-order valence-electron chi connectivity index (χ1n) is 7.75. The third-order valence-electron chi connectivity index (χ3n) is 3.55. The fraction of sp³-hybridized carbons (Fsp3) is 0.222. The molecule has 124 valence electrons. The van der Waals surface area contributed by atoms with E-state index >= 15 is 0 Å². The number of nitrogens with one attached hydrogen (secondary N) is 2. The van der Waals surface area contributed by atoms with Gasteiger partial charge in [0.15, 0.2) is 5.75 Å². The average Bonchev–Trinajstić information content (AvgIpc) is 2.57. The number of hydrogen-bond donors (Lipinski definition) is 2. The van der Waals surface area contributed by atoms with Crippen molar-refractivity contribution >= 4 is 23.3 Å². The number of hydrogen-bond acceptors (Lipinski definition) is 5. The first kappa shape index (κ1) is 15.9. The van der Waals surface area contributed by atoms with E-state index in [-0.39, 0.29) is 12.3 Å². The van der Waals surface area contributed by atoms with E-state index in [9.17, 15) is 9.59 Å². The smallest absolute Gasteiger partial charge is 0.334 e. The topological polar surface area (TPSA) is 76.7 Å². The minimum Gasteiger partial charge on any atom is -0.494 e. The van der Waals surface area contributed by atoms with Crippen LogP contribution in [0.3, 0.4) is 0 Å². The highest BCUT2D eigenvalue weighted by atomic mass is 16.5. The van der Waals surface area contributed by atoms with Gasteiger partial charge in [0, 0.05) is 5.69 Å². The van der Waals surface area contributed by atoms with Crippen LogP contribution in [0.4, 0.5) is 11.4 Å². The Morgan fingerprint density at radius 3 is 2.71 bits per heavy atom. The predicted molar refractivity (Wildman–Crippen MR) is 90.3 cm³/mol. The minimum absolute atomic E-state index is 0.0135. The summed E-state index contributed by atoms with van der Waals surface area (Å²) in [5, 5.41) is 5.79. The zero-order chi connectivity index (χ0) is 16.9. The molecule has 0 bridgehead atoms. The second-order valence-electron chi connectivity index (χ2n) is 5.32. The molecule has 0 aromatic heterocycles. The van der Waals surface area contributed by atoms with Crippen LogP contribution in [0.1, 0.15) is 13.3 Å². The van der Waals surface area contributed by atoms with Crippen LogP contribution in [0.2, 0.25) is 0 Å². The lowest BCUT2D eigenvalue weighted by Gasteiger charge is -2.25. The molecule has 2 aromatic carbocycles. The Kier molecular flexibility index (Phi) is 4.65. The number of amides is 1. The number of anilines is 2. The van der Waals surface area contributed by atoms with Crippen molar-refractivity contribution in [1.82, 2.24) is 0 Å². The number of carbonyl (C=O) groups excluding carboxylic acids is 2. The average molecular weight is 326 g/mol. The van der Waals surface area contributed by atoms with Gasteiger partial charge < -0.3 is 20.1 Å². The molecule has 2 aromatic rings. The second-order valence-corrected chi connectivity index (χ2v) is 5.32. The first-order chi connectivity index (χ1) is 11.7. The van der Waals surface area contributed by atoms with Crippen molar-refractivity contribution in [1.29, 1.82) is 0 Å².